The Morgan fingerprint density at radius 3 is 2.61 bits per heavy atom. The SMILES string of the molecule is Cc1cc2oc(=O)cc(CNc3ccc(Br)cc3F)c2cc1C. The van der Waals surface area contributed by atoms with Crippen molar-refractivity contribution >= 4 is 32.6 Å². The van der Waals surface area contributed by atoms with Crippen molar-refractivity contribution in [1.29, 1.82) is 0 Å². The summed E-state index contributed by atoms with van der Waals surface area (Å²) >= 11 is 3.23. The van der Waals surface area contributed by atoms with Gasteiger partial charge in [0.05, 0.1) is 5.69 Å². The Bertz CT molecular complexity index is 950. The molecule has 0 amide bonds. The molecule has 3 aromatic rings. The number of halogens is 2. The molecule has 118 valence electrons. The van der Waals surface area contributed by atoms with Crippen LogP contribution in [0.15, 0.2) is 50.1 Å². The van der Waals surface area contributed by atoms with Gasteiger partial charge in [0.1, 0.15) is 11.4 Å². The highest BCUT2D eigenvalue weighted by molar-refractivity contribution is 9.10. The highest BCUT2D eigenvalue weighted by Crippen LogP contribution is 2.24. The minimum absolute atomic E-state index is 0.336. The molecule has 0 saturated heterocycles. The average molecular weight is 376 g/mol. The van der Waals surface area contributed by atoms with E-state index < -0.39 is 5.63 Å². The lowest BCUT2D eigenvalue weighted by Gasteiger charge is -2.11. The predicted octanol–water partition coefficient (Wildman–Crippen LogP) is 4.92. The second kappa shape index (κ2) is 6.16. The molecule has 0 atom stereocenters. The van der Waals surface area contributed by atoms with Crippen molar-refractivity contribution in [2.75, 3.05) is 5.32 Å². The van der Waals surface area contributed by atoms with E-state index in [0.29, 0.717) is 22.3 Å². The molecule has 0 aliphatic heterocycles. The third kappa shape index (κ3) is 3.29. The van der Waals surface area contributed by atoms with Crippen LogP contribution < -0.4 is 10.9 Å². The highest BCUT2D eigenvalue weighted by atomic mass is 79.9. The standard InChI is InChI=1S/C18H15BrFNO2/c1-10-5-14-12(7-18(22)23-17(14)6-11(10)2)9-21-16-4-3-13(19)8-15(16)20/h3-8,21H,9H2,1-2H3. The summed E-state index contributed by atoms with van der Waals surface area (Å²) in [7, 11) is 0. The largest absolute Gasteiger partial charge is 0.423 e. The number of rotatable bonds is 3. The molecule has 0 bridgehead atoms. The molecule has 0 aliphatic rings. The Labute approximate surface area is 141 Å². The molecule has 0 saturated carbocycles. The van der Waals surface area contributed by atoms with Gasteiger partial charge in [0.25, 0.3) is 0 Å². The van der Waals surface area contributed by atoms with Crippen molar-refractivity contribution in [3.63, 3.8) is 0 Å². The summed E-state index contributed by atoms with van der Waals surface area (Å²) in [5.41, 5.74) is 3.48. The van der Waals surface area contributed by atoms with Crippen LogP contribution in [-0.4, -0.2) is 0 Å². The highest BCUT2D eigenvalue weighted by Gasteiger charge is 2.09. The third-order valence-electron chi connectivity index (χ3n) is 3.84. The number of hydrogen-bond acceptors (Lipinski definition) is 3. The number of benzene rings is 2. The number of anilines is 1. The minimum Gasteiger partial charge on any atom is -0.423 e. The molecule has 3 nitrogen and oxygen atoms in total. The van der Waals surface area contributed by atoms with Crippen molar-refractivity contribution < 1.29 is 8.81 Å². The molecule has 1 heterocycles. The maximum Gasteiger partial charge on any atom is 0.336 e. The van der Waals surface area contributed by atoms with E-state index in [9.17, 15) is 9.18 Å². The molecule has 1 aromatic heterocycles. The van der Waals surface area contributed by atoms with Crippen molar-refractivity contribution in [1.82, 2.24) is 0 Å². The van der Waals surface area contributed by atoms with Gasteiger partial charge in [0.2, 0.25) is 0 Å². The van der Waals surface area contributed by atoms with Gasteiger partial charge in [-0.2, -0.15) is 0 Å². The Balaban J connectivity index is 1.99. The zero-order valence-corrected chi connectivity index (χ0v) is 14.3. The van der Waals surface area contributed by atoms with Gasteiger partial charge in [0, 0.05) is 22.5 Å². The first kappa shape index (κ1) is 15.7. The monoisotopic (exact) mass is 375 g/mol. The normalized spacial score (nSPS) is 11.0. The van der Waals surface area contributed by atoms with Gasteiger partial charge >= 0.3 is 5.63 Å². The molecule has 0 aliphatic carbocycles. The molecular formula is C18H15BrFNO2. The first-order valence-electron chi connectivity index (χ1n) is 7.17. The molecule has 3 rings (SSSR count). The van der Waals surface area contributed by atoms with Crippen LogP contribution in [0.25, 0.3) is 11.0 Å². The lowest BCUT2D eigenvalue weighted by atomic mass is 10.0. The molecule has 0 fully saturated rings. The number of aryl methyl sites for hydroxylation is 2. The Morgan fingerprint density at radius 2 is 1.87 bits per heavy atom. The van der Waals surface area contributed by atoms with Crippen LogP contribution in [0, 0.1) is 19.7 Å². The van der Waals surface area contributed by atoms with Crippen molar-refractivity contribution in [3.8, 4) is 0 Å². The van der Waals surface area contributed by atoms with E-state index in [0.717, 1.165) is 22.1 Å². The van der Waals surface area contributed by atoms with E-state index in [2.05, 4.69) is 21.2 Å². The summed E-state index contributed by atoms with van der Waals surface area (Å²) in [4.78, 5) is 11.7. The molecule has 1 N–H and O–H groups in total. The van der Waals surface area contributed by atoms with E-state index >= 15 is 0 Å². The average Bonchev–Trinajstić information content (AvgIpc) is 2.48. The second-order valence-electron chi connectivity index (χ2n) is 5.50. The Hall–Kier alpha value is -2.14. The molecule has 0 radical (unpaired) electrons. The van der Waals surface area contributed by atoms with E-state index in [1.165, 1.54) is 12.1 Å². The fraction of sp³-hybridized carbons (Fsp3) is 0.167. The van der Waals surface area contributed by atoms with E-state index in [1.807, 2.05) is 26.0 Å². The van der Waals surface area contributed by atoms with Crippen molar-refractivity contribution in [2.45, 2.75) is 20.4 Å². The molecule has 5 heteroatoms. The topological polar surface area (TPSA) is 42.2 Å². The lowest BCUT2D eigenvalue weighted by Crippen LogP contribution is -2.07. The van der Waals surface area contributed by atoms with Crippen LogP contribution in [0.2, 0.25) is 0 Å². The minimum atomic E-state index is -0.408. The van der Waals surface area contributed by atoms with Gasteiger partial charge in [0.15, 0.2) is 0 Å². The van der Waals surface area contributed by atoms with Gasteiger partial charge in [-0.25, -0.2) is 9.18 Å². The van der Waals surface area contributed by atoms with E-state index in [-0.39, 0.29) is 5.82 Å². The van der Waals surface area contributed by atoms with Gasteiger partial charge < -0.3 is 9.73 Å². The number of hydrogen-bond donors (Lipinski definition) is 1. The summed E-state index contributed by atoms with van der Waals surface area (Å²) in [5, 5.41) is 3.89. The fourth-order valence-corrected chi connectivity index (χ4v) is 2.79. The van der Waals surface area contributed by atoms with Crippen LogP contribution >= 0.6 is 15.9 Å². The van der Waals surface area contributed by atoms with Crippen LogP contribution in [-0.2, 0) is 6.54 Å². The maximum atomic E-state index is 13.9. The summed E-state index contributed by atoms with van der Waals surface area (Å²) in [6, 6.07) is 10.1. The van der Waals surface area contributed by atoms with Crippen LogP contribution in [0.1, 0.15) is 16.7 Å². The Kier molecular flexibility index (Phi) is 4.22. The number of fused-ring (bicyclic) bond motifs is 1. The quantitative estimate of drug-likeness (QED) is 0.660. The molecule has 2 aromatic carbocycles. The van der Waals surface area contributed by atoms with E-state index in [4.69, 9.17) is 4.42 Å². The van der Waals surface area contributed by atoms with Gasteiger partial charge in [-0.3, -0.25) is 0 Å². The summed E-state index contributed by atoms with van der Waals surface area (Å²) in [5.74, 6) is -0.348. The third-order valence-corrected chi connectivity index (χ3v) is 4.34. The smallest absolute Gasteiger partial charge is 0.336 e. The molecule has 0 spiro atoms. The van der Waals surface area contributed by atoms with Crippen LogP contribution in [0.5, 0.6) is 0 Å². The second-order valence-corrected chi connectivity index (χ2v) is 6.42. The first-order valence-corrected chi connectivity index (χ1v) is 7.96. The van der Waals surface area contributed by atoms with Crippen molar-refractivity contribution in [2.24, 2.45) is 0 Å². The first-order chi connectivity index (χ1) is 10.9. The van der Waals surface area contributed by atoms with Gasteiger partial charge in [-0.1, -0.05) is 15.9 Å². The summed E-state index contributed by atoms with van der Waals surface area (Å²) < 4.78 is 19.8. The predicted molar refractivity (Wildman–Crippen MR) is 93.4 cm³/mol. The Morgan fingerprint density at radius 1 is 1.13 bits per heavy atom. The van der Waals surface area contributed by atoms with Crippen molar-refractivity contribution in [3.05, 3.63) is 73.8 Å². The molecular weight excluding hydrogens is 361 g/mol. The molecule has 0 unspecified atom stereocenters. The lowest BCUT2D eigenvalue weighted by molar-refractivity contribution is 0.559. The van der Waals surface area contributed by atoms with Crippen LogP contribution in [0.4, 0.5) is 10.1 Å². The zero-order valence-electron chi connectivity index (χ0n) is 12.7. The summed E-state index contributed by atoms with van der Waals surface area (Å²) in [6.45, 7) is 4.31. The van der Waals surface area contributed by atoms with Crippen LogP contribution in [0.3, 0.4) is 0 Å². The summed E-state index contributed by atoms with van der Waals surface area (Å²) in [6.07, 6.45) is 0. The van der Waals surface area contributed by atoms with Gasteiger partial charge in [-0.05, 0) is 60.9 Å². The maximum absolute atomic E-state index is 13.9. The molecule has 23 heavy (non-hydrogen) atoms. The van der Waals surface area contributed by atoms with E-state index in [1.54, 1.807) is 12.1 Å². The number of nitrogens with one attached hydrogen (secondary N) is 1. The fourth-order valence-electron chi connectivity index (χ4n) is 2.45. The zero-order chi connectivity index (χ0) is 16.6. The van der Waals surface area contributed by atoms with Gasteiger partial charge in [-0.15, -0.1) is 0 Å².